The number of benzene rings is 2. The molecule has 0 spiro atoms. The Morgan fingerprint density at radius 1 is 1.12 bits per heavy atom. The highest BCUT2D eigenvalue weighted by Crippen LogP contribution is 2.26. The van der Waals surface area contributed by atoms with Gasteiger partial charge in [0.05, 0.1) is 4.91 Å². The summed E-state index contributed by atoms with van der Waals surface area (Å²) >= 11 is 6.32. The van der Waals surface area contributed by atoms with Crippen molar-refractivity contribution < 1.29 is 4.79 Å². The van der Waals surface area contributed by atoms with Crippen molar-refractivity contribution >= 4 is 46.0 Å². The van der Waals surface area contributed by atoms with Crippen LogP contribution in [0.5, 0.6) is 0 Å². The third kappa shape index (κ3) is 4.54. The quantitative estimate of drug-likeness (QED) is 0.587. The largest absolute Gasteiger partial charge is 0.370 e. The second kappa shape index (κ2) is 8.06. The molecule has 0 atom stereocenters. The van der Waals surface area contributed by atoms with E-state index in [9.17, 15) is 4.79 Å². The van der Waals surface area contributed by atoms with Crippen LogP contribution in [0.15, 0.2) is 53.4 Å². The summed E-state index contributed by atoms with van der Waals surface area (Å²) in [4.78, 5) is 14.6. The SMILES string of the molecule is CC(C)c1ccc(CN(C)c2ccc(/C=C3\SC(=S)NC3=O)cc2)cc1. The van der Waals surface area contributed by atoms with Crippen LogP contribution in [-0.4, -0.2) is 17.3 Å². The van der Waals surface area contributed by atoms with E-state index in [1.165, 1.54) is 22.9 Å². The van der Waals surface area contributed by atoms with E-state index in [0.29, 0.717) is 15.1 Å². The third-order valence-corrected chi connectivity index (χ3v) is 5.50. The van der Waals surface area contributed by atoms with Gasteiger partial charge in [-0.15, -0.1) is 0 Å². The number of hydrogen-bond donors (Lipinski definition) is 1. The van der Waals surface area contributed by atoms with Crippen LogP contribution in [0, 0.1) is 0 Å². The number of rotatable bonds is 5. The lowest BCUT2D eigenvalue weighted by molar-refractivity contribution is -0.115. The molecule has 2 aromatic rings. The van der Waals surface area contributed by atoms with E-state index in [0.717, 1.165) is 17.8 Å². The van der Waals surface area contributed by atoms with Crippen LogP contribution in [0.4, 0.5) is 5.69 Å². The Morgan fingerprint density at radius 3 is 2.31 bits per heavy atom. The molecule has 1 fully saturated rings. The number of carbonyl (C=O) groups excluding carboxylic acids is 1. The van der Waals surface area contributed by atoms with Gasteiger partial charge in [-0.2, -0.15) is 0 Å². The molecule has 0 saturated carbocycles. The average Bonchev–Trinajstić information content (AvgIpc) is 2.93. The molecule has 1 saturated heterocycles. The summed E-state index contributed by atoms with van der Waals surface area (Å²) in [6, 6.07) is 17.0. The van der Waals surface area contributed by atoms with Gasteiger partial charge in [0.15, 0.2) is 0 Å². The van der Waals surface area contributed by atoms with Crippen molar-refractivity contribution in [2.45, 2.75) is 26.3 Å². The number of thioether (sulfide) groups is 1. The normalized spacial score (nSPS) is 15.6. The first kappa shape index (κ1) is 18.7. The predicted molar refractivity (Wildman–Crippen MR) is 115 cm³/mol. The average molecular weight is 383 g/mol. The molecule has 3 rings (SSSR count). The van der Waals surface area contributed by atoms with Gasteiger partial charge < -0.3 is 10.2 Å². The molecule has 1 aliphatic rings. The van der Waals surface area contributed by atoms with Crippen LogP contribution in [0.2, 0.25) is 0 Å². The fraction of sp³-hybridized carbons (Fsp3) is 0.238. The van der Waals surface area contributed by atoms with Crippen molar-refractivity contribution in [3.63, 3.8) is 0 Å². The Kier molecular flexibility index (Phi) is 5.79. The summed E-state index contributed by atoms with van der Waals surface area (Å²) in [7, 11) is 2.09. The van der Waals surface area contributed by atoms with Crippen LogP contribution in [-0.2, 0) is 11.3 Å². The minimum atomic E-state index is -0.119. The van der Waals surface area contributed by atoms with Gasteiger partial charge in [-0.3, -0.25) is 4.79 Å². The summed E-state index contributed by atoms with van der Waals surface area (Å²) < 4.78 is 0.515. The number of nitrogens with one attached hydrogen (secondary N) is 1. The monoisotopic (exact) mass is 382 g/mol. The summed E-state index contributed by atoms with van der Waals surface area (Å²) in [6.45, 7) is 5.27. The van der Waals surface area contributed by atoms with Gasteiger partial charge >= 0.3 is 0 Å². The Morgan fingerprint density at radius 2 is 1.77 bits per heavy atom. The summed E-state index contributed by atoms with van der Waals surface area (Å²) in [5.41, 5.74) is 4.78. The van der Waals surface area contributed by atoms with Crippen molar-refractivity contribution in [1.29, 1.82) is 0 Å². The van der Waals surface area contributed by atoms with Crippen molar-refractivity contribution in [2.24, 2.45) is 0 Å². The molecule has 0 radical (unpaired) electrons. The lowest BCUT2D eigenvalue weighted by Crippen LogP contribution is -2.17. The molecule has 1 heterocycles. The molecular formula is C21H22N2OS2. The highest BCUT2D eigenvalue weighted by Gasteiger charge is 2.21. The van der Waals surface area contributed by atoms with E-state index in [1.54, 1.807) is 0 Å². The number of nitrogens with zero attached hydrogens (tertiary/aromatic N) is 1. The second-order valence-electron chi connectivity index (χ2n) is 6.70. The predicted octanol–water partition coefficient (Wildman–Crippen LogP) is 4.94. The highest BCUT2D eigenvalue weighted by molar-refractivity contribution is 8.26. The molecule has 1 N–H and O–H groups in total. The van der Waals surface area contributed by atoms with Gasteiger partial charge in [-0.05, 0) is 40.8 Å². The number of carbonyl (C=O) groups is 1. The molecule has 26 heavy (non-hydrogen) atoms. The number of thiocarbonyl (C=S) groups is 1. The summed E-state index contributed by atoms with van der Waals surface area (Å²) in [6.07, 6.45) is 1.87. The molecule has 0 aliphatic carbocycles. The molecule has 0 bridgehead atoms. The van der Waals surface area contributed by atoms with E-state index in [-0.39, 0.29) is 5.91 Å². The molecule has 134 valence electrons. The zero-order chi connectivity index (χ0) is 18.7. The van der Waals surface area contributed by atoms with Crippen LogP contribution in [0.25, 0.3) is 6.08 Å². The maximum atomic E-state index is 11.7. The van der Waals surface area contributed by atoms with Gasteiger partial charge in [0.1, 0.15) is 4.32 Å². The minimum Gasteiger partial charge on any atom is -0.370 e. The van der Waals surface area contributed by atoms with Gasteiger partial charge in [0.25, 0.3) is 5.91 Å². The van der Waals surface area contributed by atoms with Gasteiger partial charge in [0.2, 0.25) is 0 Å². The topological polar surface area (TPSA) is 32.3 Å². The lowest BCUT2D eigenvalue weighted by Gasteiger charge is -2.20. The molecule has 5 heteroatoms. The van der Waals surface area contributed by atoms with E-state index in [2.05, 4.69) is 67.5 Å². The van der Waals surface area contributed by atoms with Crippen LogP contribution >= 0.6 is 24.0 Å². The van der Waals surface area contributed by atoms with E-state index in [1.807, 2.05) is 18.2 Å². The smallest absolute Gasteiger partial charge is 0.263 e. The first-order valence-electron chi connectivity index (χ1n) is 8.57. The van der Waals surface area contributed by atoms with Gasteiger partial charge in [0, 0.05) is 19.3 Å². The van der Waals surface area contributed by atoms with Gasteiger partial charge in [-0.1, -0.05) is 74.2 Å². The summed E-state index contributed by atoms with van der Waals surface area (Å²) in [5, 5.41) is 2.63. The fourth-order valence-corrected chi connectivity index (χ4v) is 3.81. The first-order chi connectivity index (χ1) is 12.4. The Bertz CT molecular complexity index is 839. The zero-order valence-electron chi connectivity index (χ0n) is 15.2. The molecular weight excluding hydrogens is 360 g/mol. The Labute approximate surface area is 164 Å². The van der Waals surface area contributed by atoms with Crippen molar-refractivity contribution in [1.82, 2.24) is 5.32 Å². The number of amides is 1. The maximum Gasteiger partial charge on any atom is 0.263 e. The molecule has 1 aliphatic heterocycles. The third-order valence-electron chi connectivity index (χ3n) is 4.34. The first-order valence-corrected chi connectivity index (χ1v) is 9.80. The molecule has 0 aromatic heterocycles. The molecule has 2 aromatic carbocycles. The zero-order valence-corrected chi connectivity index (χ0v) is 16.8. The Balaban J connectivity index is 1.67. The van der Waals surface area contributed by atoms with E-state index in [4.69, 9.17) is 12.2 Å². The Hall–Kier alpha value is -2.11. The van der Waals surface area contributed by atoms with E-state index >= 15 is 0 Å². The van der Waals surface area contributed by atoms with Crippen molar-refractivity contribution in [3.05, 3.63) is 70.1 Å². The maximum absolute atomic E-state index is 11.7. The van der Waals surface area contributed by atoms with Crippen molar-refractivity contribution in [2.75, 3.05) is 11.9 Å². The highest BCUT2D eigenvalue weighted by atomic mass is 32.2. The van der Waals surface area contributed by atoms with E-state index < -0.39 is 0 Å². The number of hydrogen-bond acceptors (Lipinski definition) is 4. The van der Waals surface area contributed by atoms with Crippen molar-refractivity contribution in [3.8, 4) is 0 Å². The molecule has 1 amide bonds. The second-order valence-corrected chi connectivity index (χ2v) is 8.41. The lowest BCUT2D eigenvalue weighted by atomic mass is 10.0. The van der Waals surface area contributed by atoms with Gasteiger partial charge in [-0.25, -0.2) is 0 Å². The van der Waals surface area contributed by atoms with Crippen LogP contribution in [0.3, 0.4) is 0 Å². The van der Waals surface area contributed by atoms with Crippen LogP contribution < -0.4 is 10.2 Å². The minimum absolute atomic E-state index is 0.119. The summed E-state index contributed by atoms with van der Waals surface area (Å²) in [5.74, 6) is 0.434. The standard InChI is InChI=1S/C21H22N2OS2/c1-14(2)17-8-4-16(5-9-17)13-23(3)18-10-6-15(7-11-18)12-19-20(24)22-21(25)26-19/h4-12,14H,13H2,1-3H3,(H,22,24,25)/b19-12-. The molecule has 0 unspecified atom stereocenters. The molecule has 3 nitrogen and oxygen atoms in total. The fourth-order valence-electron chi connectivity index (χ4n) is 2.77. The number of anilines is 1. The van der Waals surface area contributed by atoms with Crippen LogP contribution in [0.1, 0.15) is 36.5 Å².